The number of halogens is 1. The molecule has 0 aliphatic carbocycles. The number of rotatable bonds is 6. The predicted octanol–water partition coefficient (Wildman–Crippen LogP) is 3.66. The molecule has 5 heteroatoms. The standard InChI is InChI=1S/C15H19ClN2OS/c1-11-15(20-10-17-11)9-18(2)8-7-14(19)12-3-5-13(16)6-4-12/h3-6,10,14,19H,7-9H2,1-2H3. The van der Waals surface area contributed by atoms with Crippen LogP contribution in [0.2, 0.25) is 5.02 Å². The van der Waals surface area contributed by atoms with Gasteiger partial charge in [-0.05, 0) is 38.1 Å². The molecular weight excluding hydrogens is 292 g/mol. The Balaban J connectivity index is 1.82. The molecule has 1 aromatic carbocycles. The molecule has 1 atom stereocenters. The van der Waals surface area contributed by atoms with Crippen molar-refractivity contribution in [2.75, 3.05) is 13.6 Å². The first-order chi connectivity index (χ1) is 9.56. The van der Waals surface area contributed by atoms with Gasteiger partial charge in [0.05, 0.1) is 17.3 Å². The van der Waals surface area contributed by atoms with Gasteiger partial charge in [0.15, 0.2) is 0 Å². The minimum Gasteiger partial charge on any atom is -0.388 e. The topological polar surface area (TPSA) is 36.4 Å². The van der Waals surface area contributed by atoms with Crippen LogP contribution in [0.5, 0.6) is 0 Å². The summed E-state index contributed by atoms with van der Waals surface area (Å²) in [4.78, 5) is 7.74. The molecule has 0 aliphatic heterocycles. The van der Waals surface area contributed by atoms with Crippen LogP contribution >= 0.6 is 22.9 Å². The predicted molar refractivity (Wildman–Crippen MR) is 84.2 cm³/mol. The molecule has 108 valence electrons. The number of aromatic nitrogens is 1. The van der Waals surface area contributed by atoms with Gasteiger partial charge in [0.1, 0.15) is 0 Å². The Labute approximate surface area is 128 Å². The molecule has 0 bridgehead atoms. The van der Waals surface area contributed by atoms with E-state index in [1.807, 2.05) is 36.7 Å². The number of aliphatic hydroxyl groups is 1. The molecule has 1 unspecified atom stereocenters. The van der Waals surface area contributed by atoms with Crippen LogP contribution in [0.1, 0.15) is 28.7 Å². The van der Waals surface area contributed by atoms with E-state index in [0.29, 0.717) is 11.4 Å². The van der Waals surface area contributed by atoms with E-state index in [-0.39, 0.29) is 0 Å². The number of aliphatic hydroxyl groups excluding tert-OH is 1. The molecular formula is C15H19ClN2OS. The molecule has 0 aliphatic rings. The molecule has 3 nitrogen and oxygen atoms in total. The van der Waals surface area contributed by atoms with Crippen molar-refractivity contribution in [2.45, 2.75) is 26.0 Å². The maximum atomic E-state index is 10.2. The summed E-state index contributed by atoms with van der Waals surface area (Å²) in [5.41, 5.74) is 3.89. The Morgan fingerprint density at radius 1 is 1.35 bits per heavy atom. The Hall–Kier alpha value is -0.940. The van der Waals surface area contributed by atoms with Crippen LogP contribution in [0.25, 0.3) is 0 Å². The molecule has 1 N–H and O–H groups in total. The molecule has 0 saturated heterocycles. The summed E-state index contributed by atoms with van der Waals surface area (Å²) in [6.07, 6.45) is 0.257. The Morgan fingerprint density at radius 2 is 2.05 bits per heavy atom. The lowest BCUT2D eigenvalue weighted by Crippen LogP contribution is -2.20. The van der Waals surface area contributed by atoms with Crippen LogP contribution in [0.15, 0.2) is 29.8 Å². The second-order valence-corrected chi connectivity index (χ2v) is 6.33. The summed E-state index contributed by atoms with van der Waals surface area (Å²) >= 11 is 7.52. The highest BCUT2D eigenvalue weighted by molar-refractivity contribution is 7.09. The van der Waals surface area contributed by atoms with E-state index in [4.69, 9.17) is 11.6 Å². The van der Waals surface area contributed by atoms with Crippen molar-refractivity contribution < 1.29 is 5.11 Å². The van der Waals surface area contributed by atoms with Gasteiger partial charge in [-0.2, -0.15) is 0 Å². The highest BCUT2D eigenvalue weighted by atomic mass is 35.5. The minimum absolute atomic E-state index is 0.447. The highest BCUT2D eigenvalue weighted by Crippen LogP contribution is 2.20. The number of hydrogen-bond acceptors (Lipinski definition) is 4. The summed E-state index contributed by atoms with van der Waals surface area (Å²) in [5.74, 6) is 0. The summed E-state index contributed by atoms with van der Waals surface area (Å²) in [5, 5.41) is 10.9. The van der Waals surface area contributed by atoms with Gasteiger partial charge in [-0.3, -0.25) is 0 Å². The Morgan fingerprint density at radius 3 is 2.65 bits per heavy atom. The highest BCUT2D eigenvalue weighted by Gasteiger charge is 2.10. The summed E-state index contributed by atoms with van der Waals surface area (Å²) in [6, 6.07) is 7.37. The maximum absolute atomic E-state index is 10.2. The zero-order valence-corrected chi connectivity index (χ0v) is 13.3. The number of aryl methyl sites for hydroxylation is 1. The van der Waals surface area contributed by atoms with E-state index in [1.165, 1.54) is 4.88 Å². The molecule has 0 radical (unpaired) electrons. The zero-order valence-electron chi connectivity index (χ0n) is 11.7. The van der Waals surface area contributed by atoms with Crippen molar-refractivity contribution >= 4 is 22.9 Å². The zero-order chi connectivity index (χ0) is 14.5. The fourth-order valence-electron chi connectivity index (χ4n) is 2.00. The third-order valence-electron chi connectivity index (χ3n) is 3.30. The molecule has 0 saturated carbocycles. The summed E-state index contributed by atoms with van der Waals surface area (Å²) in [7, 11) is 2.06. The smallest absolute Gasteiger partial charge is 0.0802 e. The average molecular weight is 311 g/mol. The molecule has 1 heterocycles. The van der Waals surface area contributed by atoms with Gasteiger partial charge in [-0.15, -0.1) is 11.3 Å². The van der Waals surface area contributed by atoms with Gasteiger partial charge >= 0.3 is 0 Å². The number of benzene rings is 1. The van der Waals surface area contributed by atoms with E-state index >= 15 is 0 Å². The third kappa shape index (κ3) is 4.28. The first kappa shape index (κ1) is 15.4. The van der Waals surface area contributed by atoms with E-state index in [1.54, 1.807) is 11.3 Å². The second-order valence-electron chi connectivity index (χ2n) is 4.95. The summed E-state index contributed by atoms with van der Waals surface area (Å²) in [6.45, 7) is 3.74. The molecule has 2 rings (SSSR count). The molecule has 0 fully saturated rings. The lowest BCUT2D eigenvalue weighted by atomic mass is 10.1. The van der Waals surface area contributed by atoms with Crippen molar-refractivity contribution in [3.8, 4) is 0 Å². The maximum Gasteiger partial charge on any atom is 0.0802 e. The fraction of sp³-hybridized carbons (Fsp3) is 0.400. The van der Waals surface area contributed by atoms with E-state index in [9.17, 15) is 5.11 Å². The lowest BCUT2D eigenvalue weighted by Gasteiger charge is -2.18. The van der Waals surface area contributed by atoms with Gasteiger partial charge < -0.3 is 10.0 Å². The molecule has 20 heavy (non-hydrogen) atoms. The van der Waals surface area contributed by atoms with Gasteiger partial charge in [-0.1, -0.05) is 23.7 Å². The van der Waals surface area contributed by atoms with Crippen molar-refractivity contribution in [3.05, 3.63) is 50.9 Å². The SMILES string of the molecule is Cc1ncsc1CN(C)CCC(O)c1ccc(Cl)cc1. The largest absolute Gasteiger partial charge is 0.388 e. The first-order valence-corrected chi connectivity index (χ1v) is 7.83. The van der Waals surface area contributed by atoms with Crippen LogP contribution in [0, 0.1) is 6.92 Å². The first-order valence-electron chi connectivity index (χ1n) is 6.57. The number of thiazole rings is 1. The quantitative estimate of drug-likeness (QED) is 0.884. The van der Waals surface area contributed by atoms with Crippen LogP contribution < -0.4 is 0 Å². The van der Waals surface area contributed by atoms with E-state index < -0.39 is 6.10 Å². The fourth-order valence-corrected chi connectivity index (χ4v) is 2.98. The molecule has 0 amide bonds. The minimum atomic E-state index is -0.447. The lowest BCUT2D eigenvalue weighted by molar-refractivity contribution is 0.148. The Bertz CT molecular complexity index is 541. The van der Waals surface area contributed by atoms with E-state index in [2.05, 4.69) is 16.9 Å². The van der Waals surface area contributed by atoms with Crippen molar-refractivity contribution in [1.82, 2.24) is 9.88 Å². The van der Waals surface area contributed by atoms with E-state index in [0.717, 1.165) is 24.3 Å². The van der Waals surface area contributed by atoms with Crippen molar-refractivity contribution in [3.63, 3.8) is 0 Å². The molecule has 0 spiro atoms. The Kier molecular flexibility index (Phi) is 5.54. The summed E-state index contributed by atoms with van der Waals surface area (Å²) < 4.78 is 0. The number of nitrogens with zero attached hydrogens (tertiary/aromatic N) is 2. The van der Waals surface area contributed by atoms with Gasteiger partial charge in [0, 0.05) is 23.0 Å². The van der Waals surface area contributed by atoms with Gasteiger partial charge in [0.2, 0.25) is 0 Å². The van der Waals surface area contributed by atoms with Crippen LogP contribution in [-0.2, 0) is 6.54 Å². The molecule has 1 aromatic heterocycles. The third-order valence-corrected chi connectivity index (χ3v) is 4.47. The van der Waals surface area contributed by atoms with Crippen LogP contribution in [0.4, 0.5) is 0 Å². The van der Waals surface area contributed by atoms with Gasteiger partial charge in [0.25, 0.3) is 0 Å². The van der Waals surface area contributed by atoms with Gasteiger partial charge in [-0.25, -0.2) is 4.98 Å². The van der Waals surface area contributed by atoms with Crippen molar-refractivity contribution in [2.24, 2.45) is 0 Å². The normalized spacial score (nSPS) is 12.8. The van der Waals surface area contributed by atoms with Crippen LogP contribution in [0.3, 0.4) is 0 Å². The number of hydrogen-bond donors (Lipinski definition) is 1. The second kappa shape index (κ2) is 7.18. The monoisotopic (exact) mass is 310 g/mol. The van der Waals surface area contributed by atoms with Crippen molar-refractivity contribution in [1.29, 1.82) is 0 Å². The van der Waals surface area contributed by atoms with Crippen LogP contribution in [-0.4, -0.2) is 28.6 Å². The molecule has 2 aromatic rings. The average Bonchev–Trinajstić information content (AvgIpc) is 2.82.